The van der Waals surface area contributed by atoms with Crippen molar-refractivity contribution in [3.8, 4) is 0 Å². The summed E-state index contributed by atoms with van der Waals surface area (Å²) in [6, 6.07) is 0.786. The van der Waals surface area contributed by atoms with Gasteiger partial charge in [-0.25, -0.2) is 22.2 Å². The van der Waals surface area contributed by atoms with Crippen molar-refractivity contribution in [2.45, 2.75) is 18.2 Å². The lowest BCUT2D eigenvalue weighted by atomic mass is 10.2. The number of halogens is 4. The first-order chi connectivity index (χ1) is 6.73. The van der Waals surface area contributed by atoms with Crippen LogP contribution in [0.5, 0.6) is 0 Å². The monoisotopic (exact) mass is 275 g/mol. The zero-order valence-electron chi connectivity index (χ0n) is 7.34. The molecule has 3 nitrogen and oxygen atoms in total. The topological polar surface area (TPSA) is 47.0 Å². The zero-order chi connectivity index (χ0) is 11.8. The molecule has 1 aromatic rings. The summed E-state index contributed by atoms with van der Waals surface area (Å²) in [6.45, 7) is 1.24. The standard InChI is InChI=1S/C7H5Cl2F2NO2S/c1-3-6(15(9,13)14)4(7(10)11)2-5(8)12-3/h2,7H,1H3. The number of aromatic nitrogens is 1. The predicted molar refractivity (Wildman–Crippen MR) is 52.0 cm³/mol. The molecular weight excluding hydrogens is 271 g/mol. The van der Waals surface area contributed by atoms with Gasteiger partial charge in [-0.2, -0.15) is 0 Å². The molecule has 0 spiro atoms. The number of pyridine rings is 1. The van der Waals surface area contributed by atoms with Crippen LogP contribution in [0.3, 0.4) is 0 Å². The van der Waals surface area contributed by atoms with Crippen molar-refractivity contribution in [2.75, 3.05) is 0 Å². The minimum atomic E-state index is -4.25. The van der Waals surface area contributed by atoms with Crippen molar-refractivity contribution in [1.82, 2.24) is 4.98 Å². The van der Waals surface area contributed by atoms with Gasteiger partial charge < -0.3 is 0 Å². The summed E-state index contributed by atoms with van der Waals surface area (Å²) in [4.78, 5) is 2.87. The van der Waals surface area contributed by atoms with Crippen LogP contribution in [0.2, 0.25) is 5.15 Å². The summed E-state index contributed by atoms with van der Waals surface area (Å²) in [7, 11) is 0.766. The molecule has 0 amide bonds. The van der Waals surface area contributed by atoms with Crippen LogP contribution in [0.15, 0.2) is 11.0 Å². The quantitative estimate of drug-likeness (QED) is 0.616. The first kappa shape index (κ1) is 12.6. The molecule has 84 valence electrons. The summed E-state index contributed by atoms with van der Waals surface area (Å²) in [5.41, 5.74) is -0.879. The van der Waals surface area contributed by atoms with E-state index in [0.717, 1.165) is 6.07 Å². The fourth-order valence-electron chi connectivity index (χ4n) is 1.13. The van der Waals surface area contributed by atoms with E-state index in [-0.39, 0.29) is 10.8 Å². The first-order valence-corrected chi connectivity index (χ1v) is 6.32. The number of alkyl halides is 2. The normalized spacial score (nSPS) is 12.1. The summed E-state index contributed by atoms with van der Waals surface area (Å²) < 4.78 is 47.1. The molecule has 0 aliphatic carbocycles. The molecule has 1 heterocycles. The molecule has 15 heavy (non-hydrogen) atoms. The lowest BCUT2D eigenvalue weighted by molar-refractivity contribution is 0.147. The second kappa shape index (κ2) is 4.19. The third kappa shape index (κ3) is 2.76. The van der Waals surface area contributed by atoms with Crippen LogP contribution < -0.4 is 0 Å². The predicted octanol–water partition coefficient (Wildman–Crippen LogP) is 2.91. The van der Waals surface area contributed by atoms with Gasteiger partial charge in [0.05, 0.1) is 5.69 Å². The smallest absolute Gasteiger partial charge is 0.240 e. The molecule has 0 radical (unpaired) electrons. The van der Waals surface area contributed by atoms with Gasteiger partial charge in [-0.1, -0.05) is 11.6 Å². The molecule has 1 aromatic heterocycles. The maximum absolute atomic E-state index is 12.5. The average Bonchev–Trinajstić information content (AvgIpc) is 1.99. The van der Waals surface area contributed by atoms with Gasteiger partial charge in [0, 0.05) is 16.2 Å². The van der Waals surface area contributed by atoms with E-state index in [4.69, 9.17) is 22.3 Å². The SMILES string of the molecule is Cc1nc(Cl)cc(C(F)F)c1S(=O)(=O)Cl. The maximum atomic E-state index is 12.5. The Morgan fingerprint density at radius 2 is 2.00 bits per heavy atom. The first-order valence-electron chi connectivity index (χ1n) is 3.63. The van der Waals surface area contributed by atoms with Gasteiger partial charge in [0.1, 0.15) is 10.0 Å². The van der Waals surface area contributed by atoms with E-state index in [9.17, 15) is 17.2 Å². The Morgan fingerprint density at radius 3 is 2.40 bits per heavy atom. The second-order valence-electron chi connectivity index (χ2n) is 2.69. The van der Waals surface area contributed by atoms with Crippen LogP contribution >= 0.6 is 22.3 Å². The molecule has 0 bridgehead atoms. The number of nitrogens with zero attached hydrogens (tertiary/aromatic N) is 1. The van der Waals surface area contributed by atoms with E-state index in [2.05, 4.69) is 4.98 Å². The number of hydrogen-bond acceptors (Lipinski definition) is 3. The highest BCUT2D eigenvalue weighted by atomic mass is 35.7. The van der Waals surface area contributed by atoms with Crippen molar-refractivity contribution in [3.63, 3.8) is 0 Å². The van der Waals surface area contributed by atoms with E-state index in [1.54, 1.807) is 0 Å². The minimum Gasteiger partial charge on any atom is -0.240 e. The van der Waals surface area contributed by atoms with Crippen molar-refractivity contribution >= 4 is 31.3 Å². The van der Waals surface area contributed by atoms with Gasteiger partial charge in [-0.3, -0.25) is 0 Å². The van der Waals surface area contributed by atoms with E-state index in [1.807, 2.05) is 0 Å². The van der Waals surface area contributed by atoms with Gasteiger partial charge in [-0.05, 0) is 13.0 Å². The van der Waals surface area contributed by atoms with Gasteiger partial charge in [0.2, 0.25) is 0 Å². The maximum Gasteiger partial charge on any atom is 0.265 e. The molecule has 0 saturated carbocycles. The van der Waals surface area contributed by atoms with Crippen LogP contribution in [0.1, 0.15) is 17.7 Å². The summed E-state index contributed by atoms with van der Waals surface area (Å²) in [6.07, 6.45) is -2.98. The Balaban J connectivity index is 3.62. The highest BCUT2D eigenvalue weighted by Crippen LogP contribution is 2.32. The van der Waals surface area contributed by atoms with Gasteiger partial charge in [-0.15, -0.1) is 0 Å². The van der Waals surface area contributed by atoms with Gasteiger partial charge in [0.25, 0.3) is 15.5 Å². The van der Waals surface area contributed by atoms with Crippen LogP contribution in [0.4, 0.5) is 8.78 Å². The van der Waals surface area contributed by atoms with E-state index < -0.39 is 25.9 Å². The lowest BCUT2D eigenvalue weighted by Crippen LogP contribution is -2.04. The Kier molecular flexibility index (Phi) is 3.52. The molecule has 0 atom stereocenters. The Bertz CT molecular complexity index is 490. The van der Waals surface area contributed by atoms with Crippen LogP contribution in [-0.4, -0.2) is 13.4 Å². The third-order valence-electron chi connectivity index (χ3n) is 1.62. The van der Waals surface area contributed by atoms with Crippen LogP contribution in [0.25, 0.3) is 0 Å². The third-order valence-corrected chi connectivity index (χ3v) is 3.29. The van der Waals surface area contributed by atoms with E-state index in [0.29, 0.717) is 0 Å². The van der Waals surface area contributed by atoms with Crippen molar-refractivity contribution in [2.24, 2.45) is 0 Å². The van der Waals surface area contributed by atoms with Gasteiger partial charge in [0.15, 0.2) is 0 Å². The van der Waals surface area contributed by atoms with Crippen LogP contribution in [0, 0.1) is 6.92 Å². The van der Waals surface area contributed by atoms with Gasteiger partial charge >= 0.3 is 0 Å². The highest BCUT2D eigenvalue weighted by molar-refractivity contribution is 8.13. The molecule has 0 fully saturated rings. The molecule has 0 saturated heterocycles. The molecular formula is C7H5Cl2F2NO2S. The number of rotatable bonds is 2. The Labute approximate surface area is 94.4 Å². The fourth-order valence-corrected chi connectivity index (χ4v) is 2.80. The molecule has 1 rings (SSSR count). The van der Waals surface area contributed by atoms with Crippen molar-refractivity contribution < 1.29 is 17.2 Å². The van der Waals surface area contributed by atoms with E-state index in [1.165, 1.54) is 6.92 Å². The Morgan fingerprint density at radius 1 is 1.47 bits per heavy atom. The largest absolute Gasteiger partial charge is 0.265 e. The summed E-state index contributed by atoms with van der Waals surface area (Å²) >= 11 is 5.43. The summed E-state index contributed by atoms with van der Waals surface area (Å²) in [5.74, 6) is 0. The molecule has 0 N–H and O–H groups in total. The molecule has 0 unspecified atom stereocenters. The van der Waals surface area contributed by atoms with Crippen molar-refractivity contribution in [3.05, 3.63) is 22.5 Å². The second-order valence-corrected chi connectivity index (χ2v) is 5.58. The number of aryl methyl sites for hydroxylation is 1. The molecule has 0 aliphatic heterocycles. The van der Waals surface area contributed by atoms with E-state index >= 15 is 0 Å². The minimum absolute atomic E-state index is 0.146. The molecule has 8 heteroatoms. The Hall–Kier alpha value is -0.460. The lowest BCUT2D eigenvalue weighted by Gasteiger charge is -2.08. The van der Waals surface area contributed by atoms with Crippen LogP contribution in [-0.2, 0) is 9.05 Å². The number of hydrogen-bond donors (Lipinski definition) is 0. The molecule has 0 aliphatic rings. The highest BCUT2D eigenvalue weighted by Gasteiger charge is 2.25. The van der Waals surface area contributed by atoms with Crippen molar-refractivity contribution in [1.29, 1.82) is 0 Å². The average molecular weight is 276 g/mol. The zero-order valence-corrected chi connectivity index (χ0v) is 9.67. The summed E-state index contributed by atoms with van der Waals surface area (Å²) in [5, 5.41) is -0.202. The fraction of sp³-hybridized carbons (Fsp3) is 0.286. The molecule has 0 aromatic carbocycles.